The molecule has 0 saturated heterocycles. The molecule has 0 atom stereocenters. The molecule has 0 aliphatic carbocycles. The number of unbranched alkanes of at least 4 members (excludes halogenated alkanes) is 21. The third kappa shape index (κ3) is 20.8. The molecule has 0 spiro atoms. The van der Waals surface area contributed by atoms with E-state index >= 15 is 0 Å². The molecule has 0 heteroatoms. The largest absolute Gasteiger partial charge is 0.0654 e. The van der Waals surface area contributed by atoms with Crippen LogP contribution in [0.4, 0.5) is 0 Å². The molecule has 0 aliphatic rings. The Morgan fingerprint density at radius 1 is 0.378 bits per heavy atom. The molecule has 0 heterocycles. The summed E-state index contributed by atoms with van der Waals surface area (Å²) < 4.78 is 0. The second-order valence-electron chi connectivity index (χ2n) is 12.2. The van der Waals surface area contributed by atoms with Crippen LogP contribution in [0.5, 0.6) is 0 Å². The van der Waals surface area contributed by atoms with Crippen molar-refractivity contribution in [1.82, 2.24) is 0 Å². The molecule has 0 nitrogen and oxygen atoms in total. The Bertz CT molecular complexity index is 546. The maximum atomic E-state index is 2.46. The van der Waals surface area contributed by atoms with Gasteiger partial charge in [0.2, 0.25) is 0 Å². The molecular weight excluding hydrogens is 444 g/mol. The van der Waals surface area contributed by atoms with Crippen molar-refractivity contribution in [3.05, 3.63) is 35.4 Å². The minimum atomic E-state index is 0.789. The van der Waals surface area contributed by atoms with Crippen LogP contribution >= 0.6 is 0 Å². The van der Waals surface area contributed by atoms with E-state index in [-0.39, 0.29) is 0 Å². The zero-order chi connectivity index (χ0) is 26.7. The van der Waals surface area contributed by atoms with Crippen molar-refractivity contribution in [1.29, 1.82) is 0 Å². The molecule has 0 aliphatic heterocycles. The highest BCUT2D eigenvalue weighted by molar-refractivity contribution is 5.25. The number of hydrogen-bond donors (Lipinski definition) is 0. The molecule has 0 aromatic heterocycles. The summed E-state index contributed by atoms with van der Waals surface area (Å²) in [4.78, 5) is 0. The Labute approximate surface area is 235 Å². The minimum Gasteiger partial charge on any atom is -0.0654 e. The summed E-state index contributed by atoms with van der Waals surface area (Å²) in [6, 6.07) is 9.81. The fourth-order valence-electron chi connectivity index (χ4n) is 5.95. The van der Waals surface area contributed by atoms with Crippen LogP contribution in [-0.2, 0) is 6.42 Å². The lowest BCUT2D eigenvalue weighted by molar-refractivity contribution is 0.506. The van der Waals surface area contributed by atoms with Crippen LogP contribution < -0.4 is 0 Å². The molecule has 0 unspecified atom stereocenters. The summed E-state index contributed by atoms with van der Waals surface area (Å²) in [6.07, 6.45) is 38.5. The Kier molecular flexibility index (Phi) is 24.8. The smallest absolute Gasteiger partial charge is 0.0162 e. The van der Waals surface area contributed by atoms with Gasteiger partial charge in [-0.1, -0.05) is 193 Å². The third-order valence-electron chi connectivity index (χ3n) is 8.58. The first-order valence-electron chi connectivity index (χ1n) is 17.4. The summed E-state index contributed by atoms with van der Waals surface area (Å²) in [5, 5.41) is 0. The van der Waals surface area contributed by atoms with Gasteiger partial charge in [-0.2, -0.15) is 0 Å². The van der Waals surface area contributed by atoms with Crippen molar-refractivity contribution >= 4 is 0 Å². The lowest BCUT2D eigenvalue weighted by atomic mass is 9.88. The molecule has 0 bridgehead atoms. The first-order valence-corrected chi connectivity index (χ1v) is 17.4. The summed E-state index contributed by atoms with van der Waals surface area (Å²) in [6.45, 7) is 6.95. The van der Waals surface area contributed by atoms with Crippen LogP contribution in [0.1, 0.15) is 205 Å². The molecule has 0 saturated carbocycles. The van der Waals surface area contributed by atoms with E-state index in [1.165, 1.54) is 173 Å². The fourth-order valence-corrected chi connectivity index (χ4v) is 5.95. The van der Waals surface area contributed by atoms with Crippen molar-refractivity contribution in [3.8, 4) is 0 Å². The van der Waals surface area contributed by atoms with E-state index in [0.29, 0.717) is 0 Å². The van der Waals surface area contributed by atoms with E-state index < -0.39 is 0 Å². The Balaban J connectivity index is 1.99. The SMILES string of the molecule is CCCCCCCCCCCCCCCCCCCCc1ccc(C(CCCCC)CCCCC)cc1. The maximum Gasteiger partial charge on any atom is -0.0162 e. The van der Waals surface area contributed by atoms with Gasteiger partial charge in [0, 0.05) is 0 Å². The topological polar surface area (TPSA) is 0 Å². The third-order valence-corrected chi connectivity index (χ3v) is 8.58. The number of benzene rings is 1. The van der Waals surface area contributed by atoms with Gasteiger partial charge < -0.3 is 0 Å². The molecule has 0 radical (unpaired) electrons. The normalized spacial score (nSPS) is 11.6. The van der Waals surface area contributed by atoms with E-state index in [1.807, 2.05) is 0 Å². The maximum absolute atomic E-state index is 2.46. The molecule has 1 aromatic carbocycles. The highest BCUT2D eigenvalue weighted by atomic mass is 14.2. The monoisotopic (exact) mass is 513 g/mol. The van der Waals surface area contributed by atoms with Crippen molar-refractivity contribution in [2.24, 2.45) is 0 Å². The van der Waals surface area contributed by atoms with Gasteiger partial charge in [-0.25, -0.2) is 0 Å². The lowest BCUT2D eigenvalue weighted by Crippen LogP contribution is -2.00. The predicted octanol–water partition coefficient (Wildman–Crippen LogP) is 13.5. The molecule has 1 aromatic rings. The Morgan fingerprint density at radius 3 is 1.08 bits per heavy atom. The number of rotatable bonds is 28. The van der Waals surface area contributed by atoms with E-state index in [2.05, 4.69) is 45.0 Å². The molecule has 37 heavy (non-hydrogen) atoms. The van der Waals surface area contributed by atoms with Crippen molar-refractivity contribution in [2.75, 3.05) is 0 Å². The first kappa shape index (κ1) is 34.2. The molecule has 0 N–H and O–H groups in total. The van der Waals surface area contributed by atoms with E-state index in [4.69, 9.17) is 0 Å². The summed E-state index contributed by atoms with van der Waals surface area (Å²) in [5.74, 6) is 0.789. The molecule has 0 amide bonds. The van der Waals surface area contributed by atoms with Crippen LogP contribution in [0.15, 0.2) is 24.3 Å². The molecular formula is C37H68. The summed E-state index contributed by atoms with van der Waals surface area (Å²) in [5.41, 5.74) is 3.16. The van der Waals surface area contributed by atoms with Crippen LogP contribution in [0.3, 0.4) is 0 Å². The quantitative estimate of drug-likeness (QED) is 0.0979. The zero-order valence-corrected chi connectivity index (χ0v) is 26.0. The Morgan fingerprint density at radius 2 is 0.703 bits per heavy atom. The first-order chi connectivity index (χ1) is 18.3. The highest BCUT2D eigenvalue weighted by Crippen LogP contribution is 2.29. The minimum absolute atomic E-state index is 0.789. The van der Waals surface area contributed by atoms with Gasteiger partial charge in [-0.15, -0.1) is 0 Å². The van der Waals surface area contributed by atoms with Gasteiger partial charge in [0.15, 0.2) is 0 Å². The van der Waals surface area contributed by atoms with Gasteiger partial charge >= 0.3 is 0 Å². The lowest BCUT2D eigenvalue weighted by Gasteiger charge is -2.18. The van der Waals surface area contributed by atoms with Crippen LogP contribution in [-0.4, -0.2) is 0 Å². The number of aryl methyl sites for hydroxylation is 1. The van der Waals surface area contributed by atoms with Gasteiger partial charge in [-0.3, -0.25) is 0 Å². The van der Waals surface area contributed by atoms with Crippen LogP contribution in [0, 0.1) is 0 Å². The fraction of sp³-hybridized carbons (Fsp3) is 0.838. The molecule has 0 fully saturated rings. The van der Waals surface area contributed by atoms with Crippen molar-refractivity contribution in [3.63, 3.8) is 0 Å². The summed E-state index contributed by atoms with van der Waals surface area (Å²) in [7, 11) is 0. The number of hydrogen-bond acceptors (Lipinski definition) is 0. The Hall–Kier alpha value is -0.780. The van der Waals surface area contributed by atoms with Gasteiger partial charge in [-0.05, 0) is 42.7 Å². The standard InChI is InChI=1S/C37H68/c1-4-7-10-11-12-13-14-15-16-17-18-19-20-21-22-23-24-27-28-35-31-33-37(34-32-35)36(29-25-8-5-2)30-26-9-6-3/h31-34,36H,4-30H2,1-3H3. The highest BCUT2D eigenvalue weighted by Gasteiger charge is 2.11. The van der Waals surface area contributed by atoms with E-state index in [0.717, 1.165) is 5.92 Å². The molecule has 216 valence electrons. The average molecular weight is 513 g/mol. The van der Waals surface area contributed by atoms with Crippen molar-refractivity contribution < 1.29 is 0 Å². The van der Waals surface area contributed by atoms with E-state index in [1.54, 1.807) is 11.1 Å². The van der Waals surface area contributed by atoms with Gasteiger partial charge in [0.05, 0.1) is 0 Å². The van der Waals surface area contributed by atoms with Crippen LogP contribution in [0.2, 0.25) is 0 Å². The van der Waals surface area contributed by atoms with E-state index in [9.17, 15) is 0 Å². The second kappa shape index (κ2) is 26.8. The van der Waals surface area contributed by atoms with Crippen LogP contribution in [0.25, 0.3) is 0 Å². The van der Waals surface area contributed by atoms with Gasteiger partial charge in [0.1, 0.15) is 0 Å². The van der Waals surface area contributed by atoms with Gasteiger partial charge in [0.25, 0.3) is 0 Å². The van der Waals surface area contributed by atoms with Crippen molar-refractivity contribution in [2.45, 2.75) is 200 Å². The summed E-state index contributed by atoms with van der Waals surface area (Å²) >= 11 is 0. The second-order valence-corrected chi connectivity index (χ2v) is 12.2. The molecule has 1 rings (SSSR count). The predicted molar refractivity (Wildman–Crippen MR) is 170 cm³/mol. The average Bonchev–Trinajstić information content (AvgIpc) is 2.92. The zero-order valence-electron chi connectivity index (χ0n) is 26.0.